The molecule has 1 aromatic heterocycles. The van der Waals surface area contributed by atoms with Crippen LogP contribution in [0.15, 0.2) is 29.4 Å². The van der Waals surface area contributed by atoms with Crippen molar-refractivity contribution in [1.82, 2.24) is 4.57 Å². The summed E-state index contributed by atoms with van der Waals surface area (Å²) >= 11 is 1.39. The number of hydrogen-bond acceptors (Lipinski definition) is 3. The number of hydrogen-bond donors (Lipinski definition) is 0. The second-order valence-electron chi connectivity index (χ2n) is 8.36. The molecular weight excluding hydrogens is 401 g/mol. The Hall–Kier alpha value is -1.93. The fraction of sp³-hybridized carbons (Fsp3) is 0.524. The molecule has 0 radical (unpaired) electrons. The van der Waals surface area contributed by atoms with Crippen molar-refractivity contribution in [2.75, 3.05) is 6.61 Å². The summed E-state index contributed by atoms with van der Waals surface area (Å²) in [4.78, 5) is 18.5. The van der Waals surface area contributed by atoms with Crippen LogP contribution in [0.2, 0.25) is 0 Å². The van der Waals surface area contributed by atoms with Gasteiger partial charge >= 0.3 is 6.18 Å². The molecule has 8 heteroatoms. The molecule has 1 amide bonds. The molecule has 0 unspecified atom stereocenters. The van der Waals surface area contributed by atoms with Gasteiger partial charge in [-0.1, -0.05) is 26.8 Å². The van der Waals surface area contributed by atoms with E-state index < -0.39 is 17.6 Å². The largest absolute Gasteiger partial charge is 0.416 e. The Kier molecular flexibility index (Phi) is 6.06. The highest BCUT2D eigenvalue weighted by Gasteiger charge is 2.31. The number of thiazole rings is 1. The molecule has 1 fully saturated rings. The molecule has 1 atom stereocenters. The first-order valence-electron chi connectivity index (χ1n) is 9.54. The lowest BCUT2D eigenvalue weighted by atomic mass is 9.95. The maximum atomic E-state index is 13.1. The zero-order valence-corrected chi connectivity index (χ0v) is 17.8. The third-order valence-electron chi connectivity index (χ3n) is 4.88. The average molecular weight is 427 g/mol. The first-order chi connectivity index (χ1) is 13.4. The van der Waals surface area contributed by atoms with E-state index in [0.29, 0.717) is 16.9 Å². The minimum absolute atomic E-state index is 0.0331. The second-order valence-corrected chi connectivity index (χ2v) is 9.37. The van der Waals surface area contributed by atoms with E-state index in [9.17, 15) is 18.0 Å². The highest BCUT2D eigenvalue weighted by atomic mass is 32.1. The Labute approximate surface area is 172 Å². The van der Waals surface area contributed by atoms with Gasteiger partial charge in [-0.15, -0.1) is 11.3 Å². The molecule has 0 bridgehead atoms. The van der Waals surface area contributed by atoms with Gasteiger partial charge in [-0.3, -0.25) is 4.79 Å². The summed E-state index contributed by atoms with van der Waals surface area (Å²) in [5, 5.41) is 0. The van der Waals surface area contributed by atoms with E-state index in [0.717, 1.165) is 36.5 Å². The Morgan fingerprint density at radius 2 is 2.03 bits per heavy atom. The van der Waals surface area contributed by atoms with Crippen LogP contribution >= 0.6 is 11.3 Å². The molecule has 3 rings (SSSR count). The molecule has 2 aromatic rings. The number of ether oxygens (including phenoxy) is 1. The number of rotatable bonds is 3. The number of aromatic nitrogens is 1. The van der Waals surface area contributed by atoms with Crippen molar-refractivity contribution in [3.05, 3.63) is 50.8 Å². The van der Waals surface area contributed by atoms with E-state index in [1.54, 1.807) is 6.92 Å². The fourth-order valence-electron chi connectivity index (χ4n) is 3.13. The van der Waals surface area contributed by atoms with Gasteiger partial charge in [0.1, 0.15) is 0 Å². The van der Waals surface area contributed by atoms with Crippen molar-refractivity contribution in [2.45, 2.75) is 64.8 Å². The summed E-state index contributed by atoms with van der Waals surface area (Å²) in [5.74, 6) is -0.669. The molecule has 1 aromatic carbocycles. The van der Waals surface area contributed by atoms with Gasteiger partial charge in [0.25, 0.3) is 5.91 Å². The van der Waals surface area contributed by atoms with Crippen LogP contribution in [0.25, 0.3) is 0 Å². The predicted octanol–water partition coefficient (Wildman–Crippen LogP) is 5.09. The topological polar surface area (TPSA) is 43.6 Å². The maximum absolute atomic E-state index is 13.1. The molecule has 1 saturated heterocycles. The Morgan fingerprint density at radius 3 is 2.62 bits per heavy atom. The number of halogens is 3. The minimum atomic E-state index is -4.51. The quantitative estimate of drug-likeness (QED) is 0.686. The highest BCUT2D eigenvalue weighted by Crippen LogP contribution is 2.31. The molecule has 158 valence electrons. The molecular formula is C21H25F3N2O2S. The predicted molar refractivity (Wildman–Crippen MR) is 106 cm³/mol. The van der Waals surface area contributed by atoms with Crippen LogP contribution in [0.3, 0.4) is 0 Å². The monoisotopic (exact) mass is 426 g/mol. The number of amides is 1. The summed E-state index contributed by atoms with van der Waals surface area (Å²) in [5.41, 5.74) is -0.555. The van der Waals surface area contributed by atoms with Crippen LogP contribution in [0.4, 0.5) is 13.2 Å². The SMILES string of the molecule is Cc1ccc(C(F)(F)F)cc1C(=O)N=c1sc(C(C)(C)C)cn1C[C@H]1CCCO1. The molecule has 1 aliphatic heterocycles. The molecule has 0 spiro atoms. The molecule has 29 heavy (non-hydrogen) atoms. The third kappa shape index (κ3) is 5.17. The van der Waals surface area contributed by atoms with Crippen LogP contribution in [0, 0.1) is 6.92 Å². The Balaban J connectivity index is 2.02. The van der Waals surface area contributed by atoms with E-state index in [4.69, 9.17) is 4.74 Å². The van der Waals surface area contributed by atoms with Crippen molar-refractivity contribution in [3.8, 4) is 0 Å². The van der Waals surface area contributed by atoms with Gasteiger partial charge in [0.05, 0.1) is 18.2 Å². The minimum Gasteiger partial charge on any atom is -0.376 e. The molecule has 4 nitrogen and oxygen atoms in total. The van der Waals surface area contributed by atoms with Gasteiger partial charge in [-0.25, -0.2) is 0 Å². The zero-order chi connectivity index (χ0) is 21.4. The smallest absolute Gasteiger partial charge is 0.376 e. The van der Waals surface area contributed by atoms with E-state index in [1.165, 1.54) is 17.4 Å². The van der Waals surface area contributed by atoms with Crippen molar-refractivity contribution in [2.24, 2.45) is 4.99 Å². The maximum Gasteiger partial charge on any atom is 0.416 e. The number of nitrogens with zero attached hydrogens (tertiary/aromatic N) is 2. The summed E-state index contributed by atoms with van der Waals surface area (Å²) in [7, 11) is 0. The van der Waals surface area contributed by atoms with E-state index >= 15 is 0 Å². The second kappa shape index (κ2) is 8.07. The summed E-state index contributed by atoms with van der Waals surface area (Å²) in [6.45, 7) is 9.10. The summed E-state index contributed by atoms with van der Waals surface area (Å²) in [6, 6.07) is 3.16. The number of carbonyl (C=O) groups is 1. The van der Waals surface area contributed by atoms with Crippen molar-refractivity contribution in [3.63, 3.8) is 0 Å². The van der Waals surface area contributed by atoms with Crippen LogP contribution in [-0.4, -0.2) is 23.2 Å². The van der Waals surface area contributed by atoms with Crippen LogP contribution < -0.4 is 4.80 Å². The lowest BCUT2D eigenvalue weighted by molar-refractivity contribution is -0.137. The molecule has 2 heterocycles. The van der Waals surface area contributed by atoms with E-state index in [2.05, 4.69) is 25.8 Å². The molecule has 0 aliphatic carbocycles. The first kappa shape index (κ1) is 21.8. The first-order valence-corrected chi connectivity index (χ1v) is 10.4. The van der Waals surface area contributed by atoms with E-state index in [-0.39, 0.29) is 17.1 Å². The van der Waals surface area contributed by atoms with Gasteiger partial charge in [-0.2, -0.15) is 18.2 Å². The van der Waals surface area contributed by atoms with Crippen LogP contribution in [-0.2, 0) is 22.9 Å². The number of carbonyl (C=O) groups excluding carboxylic acids is 1. The number of aryl methyl sites for hydroxylation is 1. The molecule has 0 N–H and O–H groups in total. The Morgan fingerprint density at radius 1 is 1.31 bits per heavy atom. The number of alkyl halides is 3. The van der Waals surface area contributed by atoms with Gasteiger partial charge in [0.2, 0.25) is 0 Å². The van der Waals surface area contributed by atoms with Crippen LogP contribution in [0.5, 0.6) is 0 Å². The summed E-state index contributed by atoms with van der Waals surface area (Å²) < 4.78 is 46.8. The number of benzene rings is 1. The highest BCUT2D eigenvalue weighted by molar-refractivity contribution is 7.09. The van der Waals surface area contributed by atoms with Gasteiger partial charge in [-0.05, 0) is 42.9 Å². The van der Waals surface area contributed by atoms with Crippen molar-refractivity contribution >= 4 is 17.2 Å². The lowest BCUT2D eigenvalue weighted by Gasteiger charge is -2.15. The van der Waals surface area contributed by atoms with Gasteiger partial charge < -0.3 is 9.30 Å². The normalized spacial score (nSPS) is 18.4. The average Bonchev–Trinajstić information content (AvgIpc) is 3.24. The summed E-state index contributed by atoms with van der Waals surface area (Å²) in [6.07, 6.45) is -0.548. The zero-order valence-electron chi connectivity index (χ0n) is 17.0. The van der Waals surface area contributed by atoms with Crippen LogP contribution in [0.1, 0.15) is 60.0 Å². The molecule has 1 aliphatic rings. The standard InChI is InChI=1S/C21H25F3N2O2S/c1-13-7-8-14(21(22,23)24)10-16(13)18(27)25-19-26(11-15-6-5-9-28-15)12-17(29-19)20(2,3)4/h7-8,10,12,15H,5-6,9,11H2,1-4H3/t15-/m1/s1. The van der Waals surface area contributed by atoms with Gasteiger partial charge in [0, 0.05) is 23.2 Å². The lowest BCUT2D eigenvalue weighted by Crippen LogP contribution is -2.23. The fourth-order valence-corrected chi connectivity index (χ4v) is 4.18. The van der Waals surface area contributed by atoms with Crippen molar-refractivity contribution in [1.29, 1.82) is 0 Å². The van der Waals surface area contributed by atoms with E-state index in [1.807, 2.05) is 10.8 Å². The third-order valence-corrected chi connectivity index (χ3v) is 6.32. The Bertz CT molecular complexity index is 962. The molecule has 0 saturated carbocycles. The van der Waals surface area contributed by atoms with Crippen molar-refractivity contribution < 1.29 is 22.7 Å². The van der Waals surface area contributed by atoms with Gasteiger partial charge in [0.15, 0.2) is 4.80 Å².